The predicted octanol–water partition coefficient (Wildman–Crippen LogP) is 3.40. The second-order valence-electron chi connectivity index (χ2n) is 7.83. The van der Waals surface area contributed by atoms with Gasteiger partial charge >= 0.3 is 0 Å². The van der Waals surface area contributed by atoms with Gasteiger partial charge in [0.15, 0.2) is 11.9 Å². The Morgan fingerprint density at radius 3 is 2.97 bits per heavy atom. The van der Waals surface area contributed by atoms with Crippen molar-refractivity contribution in [3.05, 3.63) is 54.4 Å². The molecule has 2 aromatic carbocycles. The Morgan fingerprint density at radius 1 is 1.13 bits per heavy atom. The van der Waals surface area contributed by atoms with Crippen molar-refractivity contribution >= 4 is 23.2 Å². The Bertz CT molecular complexity index is 1140. The van der Waals surface area contributed by atoms with Gasteiger partial charge in [-0.1, -0.05) is 30.7 Å². The van der Waals surface area contributed by atoms with Crippen LogP contribution >= 0.6 is 0 Å². The molecule has 158 valence electrons. The minimum atomic E-state index is -0.870. The Labute approximate surface area is 179 Å². The van der Waals surface area contributed by atoms with E-state index in [4.69, 9.17) is 4.74 Å². The number of hydrogen-bond acceptors (Lipinski definition) is 5. The van der Waals surface area contributed by atoms with E-state index in [0.29, 0.717) is 17.1 Å². The second kappa shape index (κ2) is 8.22. The van der Waals surface area contributed by atoms with Crippen LogP contribution in [-0.4, -0.2) is 32.7 Å². The van der Waals surface area contributed by atoms with Gasteiger partial charge in [-0.05, 0) is 37.1 Å². The number of carbonyl (C=O) groups excluding carboxylic acids is 2. The number of fused-ring (bicyclic) bond motifs is 2. The molecule has 1 aromatic heterocycles. The number of amides is 2. The molecular weight excluding hydrogens is 394 g/mol. The van der Waals surface area contributed by atoms with Crippen LogP contribution in [-0.2, 0) is 22.6 Å². The molecule has 3 aromatic rings. The van der Waals surface area contributed by atoms with E-state index in [1.54, 1.807) is 12.1 Å². The quantitative estimate of drug-likeness (QED) is 0.678. The summed E-state index contributed by atoms with van der Waals surface area (Å²) in [5, 5.41) is 14.4. The molecule has 8 nitrogen and oxygen atoms in total. The molecule has 0 saturated carbocycles. The fourth-order valence-electron chi connectivity index (χ4n) is 4.04. The van der Waals surface area contributed by atoms with Gasteiger partial charge in [-0.25, -0.2) is 0 Å². The first kappa shape index (κ1) is 19.3. The average molecular weight is 417 g/mol. The van der Waals surface area contributed by atoms with Crippen molar-refractivity contribution in [3.63, 3.8) is 0 Å². The average Bonchev–Trinajstić information content (AvgIpc) is 3.02. The molecule has 0 radical (unpaired) electrons. The number of aryl methyl sites for hydroxylation is 1. The highest BCUT2D eigenvalue weighted by atomic mass is 16.5. The number of carbonyl (C=O) groups is 2. The molecular formula is C23H23N5O3. The van der Waals surface area contributed by atoms with Gasteiger partial charge in [-0.15, -0.1) is 10.2 Å². The highest BCUT2D eigenvalue weighted by Crippen LogP contribution is 2.30. The molecule has 3 heterocycles. The van der Waals surface area contributed by atoms with Crippen molar-refractivity contribution in [2.24, 2.45) is 0 Å². The van der Waals surface area contributed by atoms with Crippen LogP contribution in [0.1, 0.15) is 31.5 Å². The van der Waals surface area contributed by atoms with E-state index >= 15 is 0 Å². The Hall–Kier alpha value is -3.68. The lowest BCUT2D eigenvalue weighted by atomic mass is 10.1. The molecule has 0 unspecified atom stereocenters. The molecule has 0 spiro atoms. The van der Waals surface area contributed by atoms with Gasteiger partial charge in [0, 0.05) is 24.2 Å². The third-order valence-electron chi connectivity index (χ3n) is 5.59. The Balaban J connectivity index is 1.29. The van der Waals surface area contributed by atoms with Crippen LogP contribution in [0, 0.1) is 0 Å². The monoisotopic (exact) mass is 417 g/mol. The number of para-hydroxylation sites is 2. The van der Waals surface area contributed by atoms with Gasteiger partial charge in [0.1, 0.15) is 11.6 Å². The zero-order valence-corrected chi connectivity index (χ0v) is 17.0. The molecule has 5 rings (SSSR count). The van der Waals surface area contributed by atoms with Crippen molar-refractivity contribution in [1.29, 1.82) is 0 Å². The Kier molecular flexibility index (Phi) is 5.11. The summed E-state index contributed by atoms with van der Waals surface area (Å²) >= 11 is 0. The lowest BCUT2D eigenvalue weighted by Gasteiger charge is -2.25. The minimum Gasteiger partial charge on any atom is -0.478 e. The van der Waals surface area contributed by atoms with E-state index in [0.717, 1.165) is 43.0 Å². The molecule has 2 aliphatic rings. The first-order valence-electron chi connectivity index (χ1n) is 10.6. The van der Waals surface area contributed by atoms with Crippen LogP contribution in [0.15, 0.2) is 48.5 Å². The van der Waals surface area contributed by atoms with Crippen molar-refractivity contribution in [2.45, 2.75) is 44.8 Å². The molecule has 8 heteroatoms. The summed E-state index contributed by atoms with van der Waals surface area (Å²) in [7, 11) is 0. The van der Waals surface area contributed by atoms with Crippen molar-refractivity contribution in [1.82, 2.24) is 14.8 Å². The number of anilines is 2. The molecule has 31 heavy (non-hydrogen) atoms. The van der Waals surface area contributed by atoms with Gasteiger partial charge < -0.3 is 19.9 Å². The summed E-state index contributed by atoms with van der Waals surface area (Å²) in [5.74, 6) is 1.78. The number of benzene rings is 2. The summed E-state index contributed by atoms with van der Waals surface area (Å²) in [4.78, 5) is 24.9. The summed E-state index contributed by atoms with van der Waals surface area (Å²) in [6.07, 6.45) is 3.43. The molecule has 0 bridgehead atoms. The lowest BCUT2D eigenvalue weighted by molar-refractivity contribution is -0.128. The van der Waals surface area contributed by atoms with Gasteiger partial charge in [0.25, 0.3) is 5.91 Å². The summed E-state index contributed by atoms with van der Waals surface area (Å²) in [6.45, 7) is 0.907. The smallest absolute Gasteiger partial charge is 0.266 e. The molecule has 2 amide bonds. The highest BCUT2D eigenvalue weighted by Gasteiger charge is 2.29. The highest BCUT2D eigenvalue weighted by molar-refractivity contribution is 6.02. The van der Waals surface area contributed by atoms with Crippen LogP contribution in [0.3, 0.4) is 0 Å². The Morgan fingerprint density at radius 2 is 2.03 bits per heavy atom. The van der Waals surface area contributed by atoms with E-state index in [1.165, 1.54) is 6.42 Å². The summed E-state index contributed by atoms with van der Waals surface area (Å²) in [5.41, 5.74) is 2.16. The first-order valence-corrected chi connectivity index (χ1v) is 10.6. The van der Waals surface area contributed by atoms with Crippen LogP contribution in [0.5, 0.6) is 5.75 Å². The number of rotatable bonds is 4. The van der Waals surface area contributed by atoms with Gasteiger partial charge in [0.05, 0.1) is 12.1 Å². The number of nitrogens with one attached hydrogen (secondary N) is 2. The maximum Gasteiger partial charge on any atom is 0.266 e. The van der Waals surface area contributed by atoms with Crippen molar-refractivity contribution in [3.8, 4) is 17.1 Å². The SMILES string of the molecule is O=C(C[C@@H]1Oc2ccccc2NC1=O)Nc1cccc(-c2nnc3n2CCCCC3)c1. The van der Waals surface area contributed by atoms with E-state index in [2.05, 4.69) is 25.4 Å². The second-order valence-corrected chi connectivity index (χ2v) is 7.83. The third kappa shape index (κ3) is 4.01. The molecule has 2 N–H and O–H groups in total. The molecule has 0 aliphatic carbocycles. The summed E-state index contributed by atoms with van der Waals surface area (Å²) in [6, 6.07) is 14.7. The van der Waals surface area contributed by atoms with Crippen molar-refractivity contribution in [2.75, 3.05) is 10.6 Å². The number of nitrogens with zero attached hydrogens (tertiary/aromatic N) is 3. The topological polar surface area (TPSA) is 98.1 Å². The fourth-order valence-corrected chi connectivity index (χ4v) is 4.04. The zero-order valence-electron chi connectivity index (χ0n) is 17.0. The van der Waals surface area contributed by atoms with Crippen LogP contribution in [0.4, 0.5) is 11.4 Å². The van der Waals surface area contributed by atoms with E-state index in [9.17, 15) is 9.59 Å². The zero-order chi connectivity index (χ0) is 21.2. The largest absolute Gasteiger partial charge is 0.478 e. The van der Waals surface area contributed by atoms with Crippen LogP contribution in [0.25, 0.3) is 11.4 Å². The molecule has 1 atom stereocenters. The van der Waals surface area contributed by atoms with Crippen LogP contribution in [0.2, 0.25) is 0 Å². The molecule has 2 aliphatic heterocycles. The summed E-state index contributed by atoms with van der Waals surface area (Å²) < 4.78 is 7.89. The van der Waals surface area contributed by atoms with Crippen LogP contribution < -0.4 is 15.4 Å². The van der Waals surface area contributed by atoms with E-state index < -0.39 is 6.10 Å². The maximum atomic E-state index is 12.6. The normalized spacial score (nSPS) is 17.5. The van der Waals surface area contributed by atoms with Crippen molar-refractivity contribution < 1.29 is 14.3 Å². The van der Waals surface area contributed by atoms with Gasteiger partial charge in [-0.2, -0.15) is 0 Å². The number of ether oxygens (including phenoxy) is 1. The number of aromatic nitrogens is 3. The standard InChI is InChI=1S/C23H23N5O3/c29-21(14-19-23(30)25-17-9-3-4-10-18(17)31-19)24-16-8-6-7-15(13-16)22-27-26-20-11-2-1-5-12-28(20)22/h3-4,6-10,13,19H,1-2,5,11-12,14H2,(H,24,29)(H,25,30)/t19-/m0/s1. The van der Waals surface area contributed by atoms with E-state index in [-0.39, 0.29) is 18.2 Å². The van der Waals surface area contributed by atoms with E-state index in [1.807, 2.05) is 36.4 Å². The maximum absolute atomic E-state index is 12.6. The molecule has 0 fully saturated rings. The first-order chi connectivity index (χ1) is 15.2. The lowest BCUT2D eigenvalue weighted by Crippen LogP contribution is -2.39. The third-order valence-corrected chi connectivity index (χ3v) is 5.59. The molecule has 0 saturated heterocycles. The fraction of sp³-hybridized carbons (Fsp3) is 0.304. The van der Waals surface area contributed by atoms with Gasteiger partial charge in [-0.3, -0.25) is 9.59 Å². The minimum absolute atomic E-state index is 0.0786. The van der Waals surface area contributed by atoms with Gasteiger partial charge in [0.2, 0.25) is 5.91 Å². The predicted molar refractivity (Wildman–Crippen MR) is 116 cm³/mol. The number of hydrogen-bond donors (Lipinski definition) is 2.